The van der Waals surface area contributed by atoms with Crippen molar-refractivity contribution in [3.8, 4) is 0 Å². The molecule has 1 aliphatic heterocycles. The molecule has 1 saturated heterocycles. The zero-order chi connectivity index (χ0) is 18.7. The van der Waals surface area contributed by atoms with Gasteiger partial charge in [0.1, 0.15) is 5.25 Å². The predicted molar refractivity (Wildman–Crippen MR) is 103 cm³/mol. The third kappa shape index (κ3) is 4.11. The van der Waals surface area contributed by atoms with Crippen LogP contribution in [0.25, 0.3) is 0 Å². The molecule has 6 nitrogen and oxygen atoms in total. The summed E-state index contributed by atoms with van der Waals surface area (Å²) in [7, 11) is -1.77. The maximum Gasteiger partial charge on any atom is 0.286 e. The number of carbonyl (C=O) groups is 2. The first kappa shape index (κ1) is 18.5. The average molecular weight is 387 g/mol. The van der Waals surface area contributed by atoms with E-state index in [2.05, 4.69) is 10.0 Å². The minimum atomic E-state index is -3.81. The lowest BCUT2D eigenvalue weighted by molar-refractivity contribution is -0.119. The third-order valence-electron chi connectivity index (χ3n) is 3.76. The van der Waals surface area contributed by atoms with E-state index in [1.807, 2.05) is 26.3 Å². The van der Waals surface area contributed by atoms with Crippen molar-refractivity contribution in [3.63, 3.8) is 0 Å². The van der Waals surface area contributed by atoms with E-state index in [0.29, 0.717) is 11.3 Å². The first-order valence-corrected chi connectivity index (χ1v) is 10.3. The maximum atomic E-state index is 12.6. The first-order chi connectivity index (χ1) is 12.4. The standard InChI is InChI=1S/C17H16BN2O4S2/c1-2-18-12-6-8-13(9-7-12)20-26(23,24)14-5-3-4-11(10-14)15-16(21)19-17(22)25-15/h3-10,15,20H,2H2,1H3,(H,19,21,22). The van der Waals surface area contributed by atoms with Crippen LogP contribution in [0, 0.1) is 0 Å². The Hall–Kier alpha value is -2.26. The smallest absolute Gasteiger partial charge is 0.286 e. The van der Waals surface area contributed by atoms with Gasteiger partial charge in [-0.05, 0) is 41.6 Å². The molecule has 2 aromatic carbocycles. The highest BCUT2D eigenvalue weighted by Crippen LogP contribution is 2.35. The fraction of sp³-hybridized carbons (Fsp3) is 0.176. The summed E-state index contributed by atoms with van der Waals surface area (Å²) in [6, 6.07) is 13.1. The molecule has 0 saturated carbocycles. The van der Waals surface area contributed by atoms with E-state index in [9.17, 15) is 18.0 Å². The number of hydrogen-bond acceptors (Lipinski definition) is 5. The second-order valence-electron chi connectivity index (χ2n) is 5.69. The van der Waals surface area contributed by atoms with Gasteiger partial charge in [-0.2, -0.15) is 0 Å². The number of hydrogen-bond donors (Lipinski definition) is 2. The van der Waals surface area contributed by atoms with Crippen LogP contribution in [0.4, 0.5) is 10.5 Å². The second-order valence-corrected chi connectivity index (χ2v) is 8.45. The van der Waals surface area contributed by atoms with Gasteiger partial charge in [-0.3, -0.25) is 19.6 Å². The van der Waals surface area contributed by atoms with Crippen molar-refractivity contribution < 1.29 is 18.0 Å². The Kier molecular flexibility index (Phi) is 5.38. The molecule has 1 unspecified atom stereocenters. The Morgan fingerprint density at radius 3 is 2.50 bits per heavy atom. The number of anilines is 1. The number of thioether (sulfide) groups is 1. The SMILES string of the molecule is CC[B]c1ccc(NS(=O)(=O)c2cccc(C3SC(=O)NC3=O)c2)cc1. The molecular formula is C17H16BN2O4S2. The number of carbonyl (C=O) groups excluding carboxylic acids is 2. The van der Waals surface area contributed by atoms with Gasteiger partial charge in [-0.25, -0.2) is 8.42 Å². The second kappa shape index (κ2) is 7.55. The number of benzene rings is 2. The van der Waals surface area contributed by atoms with Crippen LogP contribution in [-0.4, -0.2) is 26.8 Å². The van der Waals surface area contributed by atoms with Crippen molar-refractivity contribution in [1.29, 1.82) is 0 Å². The fourth-order valence-electron chi connectivity index (χ4n) is 2.56. The van der Waals surface area contributed by atoms with Gasteiger partial charge in [0, 0.05) is 5.69 Å². The molecule has 0 bridgehead atoms. The molecule has 2 amide bonds. The maximum absolute atomic E-state index is 12.6. The Morgan fingerprint density at radius 1 is 1.15 bits per heavy atom. The minimum absolute atomic E-state index is 0.0342. The van der Waals surface area contributed by atoms with Crippen LogP contribution in [0.3, 0.4) is 0 Å². The number of sulfonamides is 1. The quantitative estimate of drug-likeness (QED) is 0.742. The Bertz CT molecular complexity index is 945. The van der Waals surface area contributed by atoms with Crippen molar-refractivity contribution in [2.45, 2.75) is 23.4 Å². The molecule has 0 aliphatic carbocycles. The van der Waals surface area contributed by atoms with Gasteiger partial charge < -0.3 is 0 Å². The lowest BCUT2D eigenvalue weighted by Crippen LogP contribution is -2.20. The van der Waals surface area contributed by atoms with Crippen molar-refractivity contribution in [3.05, 3.63) is 54.1 Å². The van der Waals surface area contributed by atoms with E-state index < -0.39 is 26.4 Å². The molecule has 1 atom stereocenters. The van der Waals surface area contributed by atoms with Gasteiger partial charge in [0.2, 0.25) is 5.91 Å². The molecule has 26 heavy (non-hydrogen) atoms. The van der Waals surface area contributed by atoms with Crippen molar-refractivity contribution >= 4 is 51.4 Å². The molecule has 2 aromatic rings. The normalized spacial score (nSPS) is 17.0. The van der Waals surface area contributed by atoms with Gasteiger partial charge >= 0.3 is 0 Å². The first-order valence-electron chi connectivity index (χ1n) is 7.96. The number of imide groups is 1. The molecule has 1 fully saturated rings. The molecule has 1 heterocycles. The van der Waals surface area contributed by atoms with E-state index in [1.165, 1.54) is 12.1 Å². The lowest BCUT2D eigenvalue weighted by Gasteiger charge is -2.11. The highest BCUT2D eigenvalue weighted by molar-refractivity contribution is 8.15. The van der Waals surface area contributed by atoms with Gasteiger partial charge in [0.05, 0.1) is 4.90 Å². The highest BCUT2D eigenvalue weighted by Gasteiger charge is 2.33. The average Bonchev–Trinajstić information content (AvgIpc) is 2.95. The summed E-state index contributed by atoms with van der Waals surface area (Å²) >= 11 is 0.838. The van der Waals surface area contributed by atoms with E-state index in [-0.39, 0.29) is 4.90 Å². The highest BCUT2D eigenvalue weighted by atomic mass is 32.2. The zero-order valence-corrected chi connectivity index (χ0v) is 15.6. The third-order valence-corrected chi connectivity index (χ3v) is 6.18. The van der Waals surface area contributed by atoms with Gasteiger partial charge in [0.25, 0.3) is 15.3 Å². The molecule has 1 radical (unpaired) electrons. The number of amides is 2. The monoisotopic (exact) mass is 387 g/mol. The fourth-order valence-corrected chi connectivity index (χ4v) is 4.49. The van der Waals surface area contributed by atoms with Crippen LogP contribution in [0.5, 0.6) is 0 Å². The molecule has 0 aromatic heterocycles. The largest absolute Gasteiger partial charge is 0.286 e. The van der Waals surface area contributed by atoms with Crippen molar-refractivity contribution in [1.82, 2.24) is 5.32 Å². The molecule has 2 N–H and O–H groups in total. The minimum Gasteiger partial charge on any atom is -0.286 e. The number of nitrogens with one attached hydrogen (secondary N) is 2. The Morgan fingerprint density at radius 2 is 1.88 bits per heavy atom. The van der Waals surface area contributed by atoms with Crippen LogP contribution in [-0.2, 0) is 14.8 Å². The summed E-state index contributed by atoms with van der Waals surface area (Å²) < 4.78 is 27.8. The van der Waals surface area contributed by atoms with Crippen LogP contribution in [0.2, 0.25) is 6.32 Å². The summed E-state index contributed by atoms with van der Waals surface area (Å²) in [5.74, 6) is -0.440. The Balaban J connectivity index is 1.82. The van der Waals surface area contributed by atoms with E-state index in [4.69, 9.17) is 0 Å². The van der Waals surface area contributed by atoms with Gasteiger partial charge in [0.15, 0.2) is 7.28 Å². The van der Waals surface area contributed by atoms with Crippen LogP contribution in [0.1, 0.15) is 17.7 Å². The summed E-state index contributed by atoms with van der Waals surface area (Å²) in [5, 5.41) is 1.03. The summed E-state index contributed by atoms with van der Waals surface area (Å²) in [4.78, 5) is 23.2. The molecule has 0 spiro atoms. The summed E-state index contributed by atoms with van der Waals surface area (Å²) in [5.41, 5.74) is 1.94. The summed E-state index contributed by atoms with van der Waals surface area (Å²) in [6.45, 7) is 2.03. The molecule has 9 heteroatoms. The van der Waals surface area contributed by atoms with Gasteiger partial charge in [-0.15, -0.1) is 0 Å². The predicted octanol–water partition coefficient (Wildman–Crippen LogP) is 2.28. The zero-order valence-electron chi connectivity index (χ0n) is 13.9. The molecule has 3 rings (SSSR count). The van der Waals surface area contributed by atoms with Crippen molar-refractivity contribution in [2.75, 3.05) is 4.72 Å². The number of rotatable bonds is 6. The van der Waals surface area contributed by atoms with Crippen LogP contribution < -0.4 is 15.5 Å². The topological polar surface area (TPSA) is 92.3 Å². The van der Waals surface area contributed by atoms with Crippen molar-refractivity contribution in [2.24, 2.45) is 0 Å². The van der Waals surface area contributed by atoms with E-state index in [0.717, 1.165) is 23.5 Å². The molecular weight excluding hydrogens is 371 g/mol. The van der Waals surface area contributed by atoms with E-state index >= 15 is 0 Å². The van der Waals surface area contributed by atoms with Crippen LogP contribution in [0.15, 0.2) is 53.4 Å². The Labute approximate surface area is 157 Å². The molecule has 133 valence electrons. The van der Waals surface area contributed by atoms with Gasteiger partial charge in [-0.1, -0.05) is 43.0 Å². The van der Waals surface area contributed by atoms with Crippen LogP contribution >= 0.6 is 11.8 Å². The lowest BCUT2D eigenvalue weighted by atomic mass is 9.68. The van der Waals surface area contributed by atoms with E-state index in [1.54, 1.807) is 24.3 Å². The summed E-state index contributed by atoms with van der Waals surface area (Å²) in [6.07, 6.45) is 0.896. The molecule has 1 aliphatic rings.